The van der Waals surface area contributed by atoms with Gasteiger partial charge in [-0.2, -0.15) is 5.10 Å². The van der Waals surface area contributed by atoms with Gasteiger partial charge < -0.3 is 5.32 Å². The molecule has 0 saturated carbocycles. The van der Waals surface area contributed by atoms with Gasteiger partial charge in [0.1, 0.15) is 11.5 Å². The number of hydrogen-bond donors (Lipinski definition) is 1. The summed E-state index contributed by atoms with van der Waals surface area (Å²) in [5.74, 6) is -2.53. The number of non-ortho nitro benzene ring substituents is 1. The fraction of sp³-hybridized carbons (Fsp3) is 0.125. The van der Waals surface area contributed by atoms with E-state index in [0.717, 1.165) is 0 Å². The van der Waals surface area contributed by atoms with E-state index in [1.807, 2.05) is 24.3 Å². The van der Waals surface area contributed by atoms with Crippen molar-refractivity contribution in [1.29, 1.82) is 0 Å². The topological polar surface area (TPSA) is 122 Å². The van der Waals surface area contributed by atoms with Gasteiger partial charge in [0.2, 0.25) is 5.91 Å². The van der Waals surface area contributed by atoms with Crippen LogP contribution in [0, 0.1) is 15.5 Å². The van der Waals surface area contributed by atoms with E-state index in [0.29, 0.717) is 27.4 Å². The predicted octanol–water partition coefficient (Wildman–Crippen LogP) is 5.81. The number of halogens is 1. The average Bonchev–Trinajstić information content (AvgIpc) is 3.44. The molecule has 4 aromatic carbocycles. The van der Waals surface area contributed by atoms with Crippen LogP contribution >= 0.6 is 11.6 Å². The summed E-state index contributed by atoms with van der Waals surface area (Å²) in [7, 11) is 0. The number of carbonyl (C=O) groups is 3. The third kappa shape index (κ3) is 3.56. The van der Waals surface area contributed by atoms with Crippen LogP contribution in [0.3, 0.4) is 0 Å². The molecule has 1 N–H and O–H groups in total. The number of nitro benzene ring substituents is 1. The summed E-state index contributed by atoms with van der Waals surface area (Å²) in [4.78, 5) is 54.9. The first-order valence-electron chi connectivity index (χ1n) is 13.2. The molecule has 7 rings (SSSR count). The Kier molecular flexibility index (Phi) is 5.81. The Morgan fingerprint density at radius 1 is 0.905 bits per heavy atom. The highest BCUT2D eigenvalue weighted by Crippen LogP contribution is 2.64. The smallest absolute Gasteiger partial charge is 0.269 e. The standard InChI is InChI=1S/C32H21ClN4O5/c33-20-12-14-21(15-13-20)35-31(40)27-26(18-7-5-8-22(16-18)37(41)42)32(29(38)24-10-3-4-11-25(24)30(32)39)28-23-9-2-1-6-19(23)17-34-36(27)28/h1-17,26-28H,(H,35,40)/t26-,27+,28-/m1/s1. The summed E-state index contributed by atoms with van der Waals surface area (Å²) in [6.45, 7) is 0. The summed E-state index contributed by atoms with van der Waals surface area (Å²) < 4.78 is 0. The fourth-order valence-corrected chi connectivity index (χ4v) is 6.86. The van der Waals surface area contributed by atoms with E-state index in [1.165, 1.54) is 23.2 Å². The maximum absolute atomic E-state index is 14.7. The van der Waals surface area contributed by atoms with Gasteiger partial charge in [0.05, 0.1) is 17.2 Å². The molecule has 1 saturated heterocycles. The number of hydrogen-bond acceptors (Lipinski definition) is 7. The second-order valence-corrected chi connectivity index (χ2v) is 10.9. The van der Waals surface area contributed by atoms with E-state index in [2.05, 4.69) is 10.4 Å². The minimum absolute atomic E-state index is 0.219. The number of rotatable bonds is 4. The number of Topliss-reactive ketones (excluding diaryl/α,β-unsaturated/α-hetero) is 2. The van der Waals surface area contributed by atoms with Gasteiger partial charge in [-0.1, -0.05) is 72.3 Å². The highest BCUT2D eigenvalue weighted by molar-refractivity contribution is 6.32. The van der Waals surface area contributed by atoms with Crippen LogP contribution in [0.5, 0.6) is 0 Å². The molecule has 0 radical (unpaired) electrons. The zero-order chi connectivity index (χ0) is 29.2. The lowest BCUT2D eigenvalue weighted by molar-refractivity contribution is -0.384. The first kappa shape index (κ1) is 25.8. The van der Waals surface area contributed by atoms with E-state index >= 15 is 0 Å². The summed E-state index contributed by atoms with van der Waals surface area (Å²) in [6.07, 6.45) is 1.61. The number of carbonyl (C=O) groups excluding carboxylic acids is 3. The summed E-state index contributed by atoms with van der Waals surface area (Å²) in [5, 5.41) is 21.4. The molecule has 9 nitrogen and oxygen atoms in total. The minimum Gasteiger partial charge on any atom is -0.324 e. The Hall–Kier alpha value is -5.15. The van der Waals surface area contributed by atoms with Gasteiger partial charge in [0.25, 0.3) is 5.69 Å². The van der Waals surface area contributed by atoms with Crippen LogP contribution in [0.2, 0.25) is 5.02 Å². The first-order chi connectivity index (χ1) is 20.3. The lowest BCUT2D eigenvalue weighted by Gasteiger charge is -2.36. The van der Waals surface area contributed by atoms with E-state index in [1.54, 1.807) is 60.8 Å². The van der Waals surface area contributed by atoms with Gasteiger partial charge in [-0.05, 0) is 41.0 Å². The number of benzene rings is 4. The molecular weight excluding hydrogens is 556 g/mol. The Morgan fingerprint density at radius 2 is 1.57 bits per heavy atom. The van der Waals surface area contributed by atoms with Crippen LogP contribution in [-0.4, -0.2) is 39.7 Å². The lowest BCUT2D eigenvalue weighted by atomic mass is 9.63. The van der Waals surface area contributed by atoms with Crippen molar-refractivity contribution in [3.05, 3.63) is 140 Å². The number of ketones is 2. The lowest BCUT2D eigenvalue weighted by Crippen LogP contribution is -2.44. The van der Waals surface area contributed by atoms with Gasteiger partial charge in [-0.15, -0.1) is 0 Å². The normalized spacial score (nSPS) is 21.2. The van der Waals surface area contributed by atoms with Crippen molar-refractivity contribution in [2.24, 2.45) is 10.5 Å². The van der Waals surface area contributed by atoms with Gasteiger partial charge >= 0.3 is 0 Å². The van der Waals surface area contributed by atoms with Crippen LogP contribution in [0.4, 0.5) is 11.4 Å². The molecule has 1 amide bonds. The zero-order valence-corrected chi connectivity index (χ0v) is 22.6. The molecule has 2 aliphatic heterocycles. The Morgan fingerprint density at radius 3 is 2.26 bits per heavy atom. The van der Waals surface area contributed by atoms with Crippen LogP contribution < -0.4 is 5.32 Å². The van der Waals surface area contributed by atoms with E-state index in [4.69, 9.17) is 11.6 Å². The van der Waals surface area contributed by atoms with Crippen molar-refractivity contribution in [2.45, 2.75) is 18.0 Å². The average molecular weight is 577 g/mol. The molecule has 0 aromatic heterocycles. The SMILES string of the molecule is O=C(Nc1ccc(Cl)cc1)[C@@H]1[C@@H](c2cccc([N+](=O)[O-])c2)C2(C(=O)c3ccccc3C2=O)[C@H]2c3ccccc3C=NN12. The van der Waals surface area contributed by atoms with Crippen molar-refractivity contribution in [1.82, 2.24) is 5.01 Å². The maximum atomic E-state index is 14.7. The van der Waals surface area contributed by atoms with Crippen molar-refractivity contribution >= 4 is 46.7 Å². The number of nitrogens with zero attached hydrogens (tertiary/aromatic N) is 3. The van der Waals surface area contributed by atoms with Gasteiger partial charge in [-0.25, -0.2) is 0 Å². The van der Waals surface area contributed by atoms with Gasteiger partial charge in [-0.3, -0.25) is 29.5 Å². The second kappa shape index (κ2) is 9.46. The predicted molar refractivity (Wildman–Crippen MR) is 156 cm³/mol. The number of nitrogens with one attached hydrogen (secondary N) is 1. The molecule has 1 spiro atoms. The largest absolute Gasteiger partial charge is 0.324 e. The number of nitro groups is 1. The fourth-order valence-electron chi connectivity index (χ4n) is 6.73. The van der Waals surface area contributed by atoms with Gasteiger partial charge in [0, 0.05) is 39.9 Å². The molecule has 206 valence electrons. The molecule has 1 fully saturated rings. The van der Waals surface area contributed by atoms with E-state index in [9.17, 15) is 24.5 Å². The highest BCUT2D eigenvalue weighted by atomic mass is 35.5. The number of hydrazone groups is 1. The number of amides is 1. The third-order valence-electron chi connectivity index (χ3n) is 8.40. The Balaban J connectivity index is 1.50. The first-order valence-corrected chi connectivity index (χ1v) is 13.6. The van der Waals surface area contributed by atoms with Crippen molar-refractivity contribution < 1.29 is 19.3 Å². The molecular formula is C32H21ClN4O5. The Bertz CT molecular complexity index is 1820. The zero-order valence-electron chi connectivity index (χ0n) is 21.8. The molecule has 0 unspecified atom stereocenters. The van der Waals surface area contributed by atoms with Crippen LogP contribution in [-0.2, 0) is 4.79 Å². The van der Waals surface area contributed by atoms with Crippen LogP contribution in [0.25, 0.3) is 0 Å². The highest BCUT2D eigenvalue weighted by Gasteiger charge is 2.73. The van der Waals surface area contributed by atoms with E-state index < -0.39 is 45.8 Å². The second-order valence-electron chi connectivity index (χ2n) is 10.5. The summed E-state index contributed by atoms with van der Waals surface area (Å²) >= 11 is 6.05. The van der Waals surface area contributed by atoms with Crippen LogP contribution in [0.15, 0.2) is 102 Å². The quantitative estimate of drug-likeness (QED) is 0.186. The molecule has 10 heteroatoms. The summed E-state index contributed by atoms with van der Waals surface area (Å²) in [5.41, 5.74) is 0.612. The molecule has 1 aliphatic carbocycles. The van der Waals surface area contributed by atoms with Crippen molar-refractivity contribution in [3.63, 3.8) is 0 Å². The summed E-state index contributed by atoms with van der Waals surface area (Å²) in [6, 6.07) is 24.1. The molecule has 3 atom stereocenters. The molecule has 2 heterocycles. The van der Waals surface area contributed by atoms with Gasteiger partial charge in [0.15, 0.2) is 11.6 Å². The monoisotopic (exact) mass is 576 g/mol. The molecule has 4 aromatic rings. The molecule has 0 bridgehead atoms. The minimum atomic E-state index is -1.82. The third-order valence-corrected chi connectivity index (χ3v) is 8.65. The van der Waals surface area contributed by atoms with Crippen molar-refractivity contribution in [3.8, 4) is 0 Å². The van der Waals surface area contributed by atoms with Crippen molar-refractivity contribution in [2.75, 3.05) is 5.32 Å². The van der Waals surface area contributed by atoms with E-state index in [-0.39, 0.29) is 16.8 Å². The van der Waals surface area contributed by atoms with Crippen LogP contribution in [0.1, 0.15) is 49.4 Å². The number of anilines is 1. The number of fused-ring (bicyclic) bond motifs is 5. The molecule has 42 heavy (non-hydrogen) atoms. The maximum Gasteiger partial charge on any atom is 0.269 e. The molecule has 3 aliphatic rings. The Labute approximate surface area is 244 Å².